The Morgan fingerprint density at radius 2 is 1.88 bits per heavy atom. The van der Waals surface area contributed by atoms with Crippen LogP contribution in [0.15, 0.2) is 18.3 Å². The van der Waals surface area contributed by atoms with Crippen LogP contribution >= 0.6 is 23.2 Å². The van der Waals surface area contributed by atoms with Crippen molar-refractivity contribution in [2.24, 2.45) is 11.8 Å². The highest BCUT2D eigenvalue weighted by molar-refractivity contribution is 6.36. The second kappa shape index (κ2) is 9.84. The van der Waals surface area contributed by atoms with Gasteiger partial charge in [0.15, 0.2) is 5.65 Å². The molecule has 0 radical (unpaired) electrons. The van der Waals surface area contributed by atoms with Gasteiger partial charge in [-0.3, -0.25) is 4.57 Å². The SMILES string of the molecule is CC1CCC(n2c(Nc3c(F)cc(Cl)cc3Cl)nc3cnc(N[C@H]4CCOC[C@H]4C)nc32)CC1. The molecule has 1 saturated heterocycles. The monoisotopic (exact) mass is 506 g/mol. The van der Waals surface area contributed by atoms with Crippen LogP contribution < -0.4 is 10.6 Å². The summed E-state index contributed by atoms with van der Waals surface area (Å²) >= 11 is 12.3. The third-order valence-corrected chi connectivity index (χ3v) is 7.50. The summed E-state index contributed by atoms with van der Waals surface area (Å²) in [5, 5.41) is 7.05. The van der Waals surface area contributed by atoms with Crippen molar-refractivity contribution in [1.82, 2.24) is 19.5 Å². The lowest BCUT2D eigenvalue weighted by Gasteiger charge is -2.30. The summed E-state index contributed by atoms with van der Waals surface area (Å²) in [4.78, 5) is 14.1. The van der Waals surface area contributed by atoms with E-state index in [0.29, 0.717) is 29.2 Å². The van der Waals surface area contributed by atoms with E-state index in [0.717, 1.165) is 51.0 Å². The van der Waals surface area contributed by atoms with Gasteiger partial charge in [0.25, 0.3) is 0 Å². The van der Waals surface area contributed by atoms with Crippen LogP contribution in [0.2, 0.25) is 10.0 Å². The minimum atomic E-state index is -0.532. The van der Waals surface area contributed by atoms with Gasteiger partial charge < -0.3 is 15.4 Å². The van der Waals surface area contributed by atoms with Crippen molar-refractivity contribution in [3.8, 4) is 0 Å². The maximum absolute atomic E-state index is 14.7. The molecule has 0 spiro atoms. The van der Waals surface area contributed by atoms with Crippen LogP contribution in [-0.4, -0.2) is 38.8 Å². The minimum Gasteiger partial charge on any atom is -0.381 e. The first-order valence-corrected chi connectivity index (χ1v) is 12.7. The number of anilines is 3. The Balaban J connectivity index is 1.54. The molecule has 1 aliphatic carbocycles. The van der Waals surface area contributed by atoms with Crippen molar-refractivity contribution in [3.05, 3.63) is 34.2 Å². The van der Waals surface area contributed by atoms with E-state index in [2.05, 4.69) is 34.0 Å². The highest BCUT2D eigenvalue weighted by atomic mass is 35.5. The molecule has 0 bridgehead atoms. The normalized spacial score (nSPS) is 25.4. The van der Waals surface area contributed by atoms with Crippen LogP contribution in [0.1, 0.15) is 52.0 Å². The molecule has 1 saturated carbocycles. The molecule has 5 rings (SSSR count). The zero-order chi connectivity index (χ0) is 23.8. The van der Waals surface area contributed by atoms with Gasteiger partial charge >= 0.3 is 0 Å². The molecule has 1 aliphatic heterocycles. The topological polar surface area (TPSA) is 76.9 Å². The first-order chi connectivity index (χ1) is 16.4. The molecule has 0 unspecified atom stereocenters. The lowest BCUT2D eigenvalue weighted by molar-refractivity contribution is 0.0536. The number of halogens is 3. The van der Waals surface area contributed by atoms with Gasteiger partial charge in [0.05, 0.1) is 23.5 Å². The van der Waals surface area contributed by atoms with Gasteiger partial charge in [-0.05, 0) is 56.1 Å². The Hall–Kier alpha value is -2.16. The summed E-state index contributed by atoms with van der Waals surface area (Å²) in [7, 11) is 0. The Bertz CT molecular complexity index is 1160. The van der Waals surface area contributed by atoms with Crippen LogP contribution in [0.25, 0.3) is 11.2 Å². The maximum Gasteiger partial charge on any atom is 0.224 e. The lowest BCUT2D eigenvalue weighted by Crippen LogP contribution is -2.36. The van der Waals surface area contributed by atoms with Gasteiger partial charge in [0, 0.05) is 23.7 Å². The zero-order valence-corrected chi connectivity index (χ0v) is 20.8. The maximum atomic E-state index is 14.7. The molecule has 182 valence electrons. The van der Waals surface area contributed by atoms with E-state index in [9.17, 15) is 4.39 Å². The molecule has 2 N–H and O–H groups in total. The number of imidazole rings is 1. The summed E-state index contributed by atoms with van der Waals surface area (Å²) in [6.45, 7) is 5.89. The van der Waals surface area contributed by atoms with E-state index >= 15 is 0 Å². The average molecular weight is 507 g/mol. The first-order valence-electron chi connectivity index (χ1n) is 11.9. The van der Waals surface area contributed by atoms with E-state index in [1.165, 1.54) is 12.1 Å². The Labute approximate surface area is 208 Å². The largest absolute Gasteiger partial charge is 0.381 e. The molecular weight excluding hydrogens is 478 g/mol. The molecule has 2 aliphatic rings. The highest BCUT2D eigenvalue weighted by Gasteiger charge is 2.27. The molecule has 3 heterocycles. The van der Waals surface area contributed by atoms with Crippen molar-refractivity contribution in [3.63, 3.8) is 0 Å². The zero-order valence-electron chi connectivity index (χ0n) is 19.3. The molecule has 7 nitrogen and oxygen atoms in total. The number of ether oxygens (including phenoxy) is 1. The van der Waals surface area contributed by atoms with Crippen molar-refractivity contribution in [2.75, 3.05) is 23.8 Å². The van der Waals surface area contributed by atoms with E-state index in [-0.39, 0.29) is 27.8 Å². The minimum absolute atomic E-state index is 0.147. The number of nitrogens with zero attached hydrogens (tertiary/aromatic N) is 4. The Morgan fingerprint density at radius 1 is 1.09 bits per heavy atom. The number of hydrogen-bond acceptors (Lipinski definition) is 6. The molecule has 2 aromatic heterocycles. The first kappa shape index (κ1) is 23.6. The second-order valence-corrected chi connectivity index (χ2v) is 10.4. The van der Waals surface area contributed by atoms with Gasteiger partial charge in [-0.15, -0.1) is 0 Å². The van der Waals surface area contributed by atoms with Crippen molar-refractivity contribution >= 4 is 51.9 Å². The van der Waals surface area contributed by atoms with Crippen LogP contribution in [-0.2, 0) is 4.74 Å². The second-order valence-electron chi connectivity index (χ2n) is 9.58. The van der Waals surface area contributed by atoms with Crippen molar-refractivity contribution < 1.29 is 9.13 Å². The average Bonchev–Trinajstić information content (AvgIpc) is 3.16. The van der Waals surface area contributed by atoms with Crippen LogP contribution in [0.5, 0.6) is 0 Å². The summed E-state index contributed by atoms with van der Waals surface area (Å²) in [5.41, 5.74) is 1.52. The van der Waals surface area contributed by atoms with Crippen molar-refractivity contribution in [1.29, 1.82) is 0 Å². The molecule has 34 heavy (non-hydrogen) atoms. The van der Waals surface area contributed by atoms with Gasteiger partial charge in [-0.25, -0.2) is 14.4 Å². The quantitative estimate of drug-likeness (QED) is 0.405. The van der Waals surface area contributed by atoms with Gasteiger partial charge in [-0.1, -0.05) is 37.0 Å². The summed E-state index contributed by atoms with van der Waals surface area (Å²) in [6.07, 6.45) is 6.88. The Morgan fingerprint density at radius 3 is 2.62 bits per heavy atom. The number of aromatic nitrogens is 4. The Kier molecular flexibility index (Phi) is 6.82. The lowest BCUT2D eigenvalue weighted by atomic mass is 9.87. The number of hydrogen-bond donors (Lipinski definition) is 2. The van der Waals surface area contributed by atoms with Gasteiger partial charge in [-0.2, -0.15) is 4.98 Å². The number of nitrogens with one attached hydrogen (secondary N) is 2. The summed E-state index contributed by atoms with van der Waals surface area (Å²) < 4.78 is 22.4. The van der Waals surface area contributed by atoms with E-state index in [1.54, 1.807) is 6.20 Å². The predicted molar refractivity (Wildman–Crippen MR) is 134 cm³/mol. The van der Waals surface area contributed by atoms with E-state index in [4.69, 9.17) is 37.9 Å². The number of fused-ring (bicyclic) bond motifs is 1. The summed E-state index contributed by atoms with van der Waals surface area (Å²) in [6, 6.07) is 3.20. The predicted octanol–water partition coefficient (Wildman–Crippen LogP) is 6.60. The smallest absolute Gasteiger partial charge is 0.224 e. The molecule has 3 aromatic rings. The van der Waals surface area contributed by atoms with Crippen LogP contribution in [0, 0.1) is 17.7 Å². The third-order valence-electron chi connectivity index (χ3n) is 6.98. The number of benzene rings is 1. The fourth-order valence-electron chi connectivity index (χ4n) is 4.93. The van der Waals surface area contributed by atoms with Crippen molar-refractivity contribution in [2.45, 2.75) is 58.0 Å². The van der Waals surface area contributed by atoms with Crippen LogP contribution in [0.4, 0.5) is 22.0 Å². The van der Waals surface area contributed by atoms with E-state index < -0.39 is 5.82 Å². The van der Waals surface area contributed by atoms with Crippen LogP contribution in [0.3, 0.4) is 0 Å². The molecule has 2 fully saturated rings. The molecule has 2 atom stereocenters. The molecule has 1 aromatic carbocycles. The fourth-order valence-corrected chi connectivity index (χ4v) is 5.44. The summed E-state index contributed by atoms with van der Waals surface area (Å²) in [5.74, 6) is 1.59. The third kappa shape index (κ3) is 4.81. The van der Waals surface area contributed by atoms with Gasteiger partial charge in [0.1, 0.15) is 11.3 Å². The highest BCUT2D eigenvalue weighted by Crippen LogP contribution is 2.38. The fraction of sp³-hybridized carbons (Fsp3) is 0.542. The van der Waals surface area contributed by atoms with E-state index in [1.807, 2.05) is 0 Å². The molecule has 0 amide bonds. The number of rotatable bonds is 5. The van der Waals surface area contributed by atoms with Gasteiger partial charge in [0.2, 0.25) is 11.9 Å². The molecular formula is C24H29Cl2FN6O. The standard InChI is InChI=1S/C24H29Cl2FN6O/c1-13-3-5-16(6-4-13)33-22-20(11-28-23(32-22)29-19-7-8-34-12-14(19)2)30-24(33)31-21-17(26)9-15(25)10-18(21)27/h9-11,13-14,16,19H,3-8,12H2,1-2H3,(H,30,31)(H,28,29,32)/t13?,14-,16?,19+/m1/s1. The molecule has 10 heteroatoms.